The molecule has 1 aromatic heterocycles. The first-order valence-electron chi connectivity index (χ1n) is 10.4. The number of carbonyl (C=O) groups is 2. The Morgan fingerprint density at radius 1 is 1.03 bits per heavy atom. The number of carbonyl (C=O) groups excluding carboxylic acids is 2. The molecule has 2 heterocycles. The van der Waals surface area contributed by atoms with Gasteiger partial charge in [0.15, 0.2) is 0 Å². The van der Waals surface area contributed by atoms with Crippen LogP contribution in [0.2, 0.25) is 0 Å². The van der Waals surface area contributed by atoms with Gasteiger partial charge in [0.25, 0.3) is 5.91 Å². The number of benzene rings is 1. The number of likely N-dealkylation sites (tertiary alicyclic amines) is 1. The number of thiophene rings is 1. The fourth-order valence-electron chi connectivity index (χ4n) is 4.02. The van der Waals surface area contributed by atoms with E-state index in [1.54, 1.807) is 11.4 Å². The van der Waals surface area contributed by atoms with Gasteiger partial charge in [0, 0.05) is 50.1 Å². The smallest absolute Gasteiger partial charge is 0.252 e. The highest BCUT2D eigenvalue weighted by atomic mass is 32.1. The zero-order valence-electron chi connectivity index (χ0n) is 17.3. The van der Waals surface area contributed by atoms with Crippen molar-refractivity contribution in [2.24, 2.45) is 11.8 Å². The molecule has 6 heteroatoms. The Morgan fingerprint density at radius 2 is 1.72 bits per heavy atom. The molecule has 29 heavy (non-hydrogen) atoms. The quantitative estimate of drug-likeness (QED) is 0.694. The van der Waals surface area contributed by atoms with E-state index < -0.39 is 0 Å². The second-order valence-corrected chi connectivity index (χ2v) is 9.03. The van der Waals surface area contributed by atoms with E-state index in [9.17, 15) is 9.59 Å². The summed E-state index contributed by atoms with van der Waals surface area (Å²) in [6.07, 6.45) is 1.60. The molecule has 0 saturated carbocycles. The highest BCUT2D eigenvalue weighted by Crippen LogP contribution is 2.22. The molecule has 0 spiro atoms. The Hall–Kier alpha value is -2.18. The lowest BCUT2D eigenvalue weighted by Gasteiger charge is -2.35. The number of piperidine rings is 1. The van der Waals surface area contributed by atoms with Crippen LogP contribution in [0.4, 0.5) is 0 Å². The number of hydrogen-bond acceptors (Lipinski definition) is 4. The summed E-state index contributed by atoms with van der Waals surface area (Å²) >= 11 is 1.48. The lowest BCUT2D eigenvalue weighted by molar-refractivity contribution is -0.121. The van der Waals surface area contributed by atoms with Gasteiger partial charge in [0.2, 0.25) is 5.91 Å². The van der Waals surface area contributed by atoms with Gasteiger partial charge in [-0.05, 0) is 40.8 Å². The molecule has 3 rings (SSSR count). The third-order valence-corrected chi connectivity index (χ3v) is 5.97. The van der Waals surface area contributed by atoms with Gasteiger partial charge < -0.3 is 10.6 Å². The van der Waals surface area contributed by atoms with Crippen molar-refractivity contribution in [1.29, 1.82) is 0 Å². The first kappa shape index (κ1) is 21.5. The summed E-state index contributed by atoms with van der Waals surface area (Å²) in [7, 11) is 0. The fourth-order valence-corrected chi connectivity index (χ4v) is 4.65. The van der Waals surface area contributed by atoms with Crippen LogP contribution in [0.3, 0.4) is 0 Å². The van der Waals surface area contributed by atoms with Crippen LogP contribution in [-0.4, -0.2) is 36.3 Å². The van der Waals surface area contributed by atoms with Crippen LogP contribution in [0.25, 0.3) is 0 Å². The van der Waals surface area contributed by atoms with Gasteiger partial charge in [-0.2, -0.15) is 11.3 Å². The van der Waals surface area contributed by atoms with E-state index in [-0.39, 0.29) is 18.2 Å². The molecule has 2 aromatic rings. The highest BCUT2D eigenvalue weighted by Gasteiger charge is 2.21. The Morgan fingerprint density at radius 3 is 2.38 bits per heavy atom. The number of amides is 2. The molecule has 1 aromatic carbocycles. The maximum Gasteiger partial charge on any atom is 0.252 e. The number of hydrogen-bond donors (Lipinski definition) is 2. The van der Waals surface area contributed by atoms with Crippen LogP contribution in [0, 0.1) is 11.8 Å². The third-order valence-electron chi connectivity index (χ3n) is 5.28. The van der Waals surface area contributed by atoms with Crippen LogP contribution in [0.1, 0.15) is 48.2 Å². The van der Waals surface area contributed by atoms with E-state index in [0.29, 0.717) is 18.7 Å². The first-order valence-corrected chi connectivity index (χ1v) is 11.3. The van der Waals surface area contributed by atoms with Gasteiger partial charge in [-0.25, -0.2) is 0 Å². The predicted octanol–water partition coefficient (Wildman–Crippen LogP) is 3.66. The standard InChI is InChI=1S/C23H31N3O2S/c1-17-11-18(2)14-26(13-17)15-20-5-3-19(4-6-20)12-25-22(27)7-9-24-23(28)21-8-10-29-16-21/h3-6,8,10,16-18H,7,9,11-15H2,1-2H3,(H,24,28)(H,25,27). The SMILES string of the molecule is CC1CC(C)CN(Cc2ccc(CNC(=O)CCNC(=O)c3ccsc3)cc2)C1. The van der Waals surface area contributed by atoms with E-state index in [0.717, 1.165) is 23.9 Å². The molecule has 2 atom stereocenters. The minimum absolute atomic E-state index is 0.0593. The molecule has 0 bridgehead atoms. The Bertz CT molecular complexity index is 779. The van der Waals surface area contributed by atoms with Crippen LogP contribution < -0.4 is 10.6 Å². The molecule has 2 N–H and O–H groups in total. The monoisotopic (exact) mass is 413 g/mol. The van der Waals surface area contributed by atoms with Crippen LogP contribution in [0.15, 0.2) is 41.1 Å². The third kappa shape index (κ3) is 6.98. The van der Waals surface area contributed by atoms with Gasteiger partial charge in [-0.15, -0.1) is 0 Å². The van der Waals surface area contributed by atoms with Gasteiger partial charge in [0.1, 0.15) is 0 Å². The average molecular weight is 414 g/mol. The average Bonchev–Trinajstić information content (AvgIpc) is 3.21. The van der Waals surface area contributed by atoms with E-state index in [1.165, 1.54) is 36.4 Å². The maximum absolute atomic E-state index is 12.0. The van der Waals surface area contributed by atoms with E-state index in [2.05, 4.69) is 53.6 Å². The van der Waals surface area contributed by atoms with Gasteiger partial charge >= 0.3 is 0 Å². The van der Waals surface area contributed by atoms with E-state index in [4.69, 9.17) is 0 Å². The second kappa shape index (κ2) is 10.6. The van der Waals surface area contributed by atoms with Crippen molar-refractivity contribution < 1.29 is 9.59 Å². The minimum atomic E-state index is -0.132. The Balaban J connectivity index is 1.36. The molecule has 1 fully saturated rings. The largest absolute Gasteiger partial charge is 0.352 e. The van der Waals surface area contributed by atoms with Crippen LogP contribution >= 0.6 is 11.3 Å². The first-order chi connectivity index (χ1) is 14.0. The summed E-state index contributed by atoms with van der Waals surface area (Å²) in [4.78, 5) is 26.4. The van der Waals surface area contributed by atoms with Crippen molar-refractivity contribution in [2.75, 3.05) is 19.6 Å². The molecule has 5 nitrogen and oxygen atoms in total. The van der Waals surface area contributed by atoms with Crippen LogP contribution in [0.5, 0.6) is 0 Å². The fraction of sp³-hybridized carbons (Fsp3) is 0.478. The molecule has 2 amide bonds. The molecule has 1 aliphatic heterocycles. The molecule has 156 valence electrons. The number of nitrogens with zero attached hydrogens (tertiary/aromatic N) is 1. The molecule has 1 aliphatic rings. The van der Waals surface area contributed by atoms with Crippen molar-refractivity contribution in [2.45, 2.75) is 39.8 Å². The molecule has 1 saturated heterocycles. The van der Waals surface area contributed by atoms with Crippen molar-refractivity contribution in [1.82, 2.24) is 15.5 Å². The summed E-state index contributed by atoms with van der Waals surface area (Å²) in [5.74, 6) is 1.34. The summed E-state index contributed by atoms with van der Waals surface area (Å²) in [6, 6.07) is 10.3. The summed E-state index contributed by atoms with van der Waals surface area (Å²) in [5.41, 5.74) is 3.05. The lowest BCUT2D eigenvalue weighted by Crippen LogP contribution is -2.38. The summed E-state index contributed by atoms with van der Waals surface area (Å²) in [6.45, 7) is 8.85. The summed E-state index contributed by atoms with van der Waals surface area (Å²) < 4.78 is 0. The van der Waals surface area contributed by atoms with Crippen molar-refractivity contribution in [3.05, 3.63) is 57.8 Å². The molecule has 0 aliphatic carbocycles. The minimum Gasteiger partial charge on any atom is -0.352 e. The zero-order chi connectivity index (χ0) is 20.6. The van der Waals surface area contributed by atoms with E-state index in [1.807, 2.05) is 5.38 Å². The van der Waals surface area contributed by atoms with Crippen molar-refractivity contribution >= 4 is 23.2 Å². The molecular formula is C23H31N3O2S. The summed E-state index contributed by atoms with van der Waals surface area (Å²) in [5, 5.41) is 9.35. The van der Waals surface area contributed by atoms with Crippen molar-refractivity contribution in [3.63, 3.8) is 0 Å². The van der Waals surface area contributed by atoms with Gasteiger partial charge in [0.05, 0.1) is 0 Å². The molecule has 0 radical (unpaired) electrons. The topological polar surface area (TPSA) is 61.4 Å². The van der Waals surface area contributed by atoms with E-state index >= 15 is 0 Å². The lowest BCUT2D eigenvalue weighted by atomic mass is 9.91. The Kier molecular flexibility index (Phi) is 7.83. The zero-order valence-corrected chi connectivity index (χ0v) is 18.1. The number of rotatable bonds is 8. The molecular weight excluding hydrogens is 382 g/mol. The second-order valence-electron chi connectivity index (χ2n) is 8.25. The number of nitrogens with one attached hydrogen (secondary N) is 2. The van der Waals surface area contributed by atoms with Gasteiger partial charge in [-0.1, -0.05) is 38.1 Å². The van der Waals surface area contributed by atoms with Gasteiger partial charge in [-0.3, -0.25) is 14.5 Å². The van der Waals surface area contributed by atoms with Crippen molar-refractivity contribution in [3.8, 4) is 0 Å². The molecule has 2 unspecified atom stereocenters. The maximum atomic E-state index is 12.0. The predicted molar refractivity (Wildman–Crippen MR) is 118 cm³/mol. The Labute approximate surface area is 177 Å². The normalized spacial score (nSPS) is 19.7. The highest BCUT2D eigenvalue weighted by molar-refractivity contribution is 7.08. The van der Waals surface area contributed by atoms with Crippen LogP contribution in [-0.2, 0) is 17.9 Å².